The third kappa shape index (κ3) is 2.84. The first-order valence-corrected chi connectivity index (χ1v) is 10.4. The van der Waals surface area contributed by atoms with Crippen LogP contribution in [0.25, 0.3) is 0 Å². The maximum Gasteiger partial charge on any atom is 0.228 e. The van der Waals surface area contributed by atoms with Crippen LogP contribution in [-0.2, 0) is 4.79 Å². The zero-order valence-corrected chi connectivity index (χ0v) is 16.8. The molecule has 0 unspecified atom stereocenters. The first kappa shape index (κ1) is 18.0. The quantitative estimate of drug-likeness (QED) is 0.640. The van der Waals surface area contributed by atoms with Gasteiger partial charge in [-0.1, -0.05) is 55.5 Å². The molecule has 6 rings (SSSR count). The molecule has 3 aromatic carbocycles. The van der Waals surface area contributed by atoms with Crippen LogP contribution in [0.2, 0.25) is 0 Å². The van der Waals surface area contributed by atoms with Gasteiger partial charge in [-0.2, -0.15) is 0 Å². The molecular formula is C26H25NO2. The number of amides is 1. The zero-order chi connectivity index (χ0) is 20.0. The molecule has 0 aliphatic heterocycles. The molecule has 2 atom stereocenters. The fraction of sp³-hybridized carbons (Fsp3) is 0.269. The number of rotatable bonds is 4. The summed E-state index contributed by atoms with van der Waals surface area (Å²) in [5.41, 5.74) is 6.19. The monoisotopic (exact) mass is 383 g/mol. The lowest BCUT2D eigenvalue weighted by molar-refractivity contribution is -0.122. The van der Waals surface area contributed by atoms with Crippen molar-refractivity contribution in [2.45, 2.75) is 25.7 Å². The molecule has 3 heteroatoms. The summed E-state index contributed by atoms with van der Waals surface area (Å²) in [5, 5.41) is 3.16. The van der Waals surface area contributed by atoms with E-state index >= 15 is 0 Å². The number of ether oxygens (including phenoxy) is 1. The summed E-state index contributed by atoms with van der Waals surface area (Å²) in [5.74, 6) is 1.44. The number of hydrogen-bond acceptors (Lipinski definition) is 2. The van der Waals surface area contributed by atoms with Gasteiger partial charge in [-0.15, -0.1) is 0 Å². The summed E-state index contributed by atoms with van der Waals surface area (Å²) in [6, 6.07) is 24.9. The average molecular weight is 383 g/mol. The van der Waals surface area contributed by atoms with Crippen molar-refractivity contribution in [2.24, 2.45) is 11.8 Å². The summed E-state index contributed by atoms with van der Waals surface area (Å²) in [6.07, 6.45) is 0. The topological polar surface area (TPSA) is 38.3 Å². The zero-order valence-electron chi connectivity index (χ0n) is 16.8. The molecule has 3 aliphatic rings. The Morgan fingerprint density at radius 1 is 0.828 bits per heavy atom. The third-order valence-electron chi connectivity index (χ3n) is 6.52. The van der Waals surface area contributed by atoms with Crippen LogP contribution in [0.5, 0.6) is 5.75 Å². The highest BCUT2D eigenvalue weighted by molar-refractivity contribution is 5.94. The molecule has 3 aliphatic carbocycles. The van der Waals surface area contributed by atoms with E-state index in [2.05, 4.69) is 60.8 Å². The van der Waals surface area contributed by atoms with Gasteiger partial charge in [-0.05, 0) is 59.4 Å². The standard InChI is InChI=1S/C26H25NO2/c1-3-29-18-14-12-17(13-15-18)27-26(28)24-16(2)23-19-8-4-6-10-21(19)25(24)22-11-7-5-9-20(22)23/h4-16,23-25H,3H2,1-2H3,(H,27,28)/t16-,23?,24+,25?/m1/s1. The largest absolute Gasteiger partial charge is 0.494 e. The van der Waals surface area contributed by atoms with Crippen LogP contribution < -0.4 is 10.1 Å². The fourth-order valence-corrected chi connectivity index (χ4v) is 5.37. The molecule has 1 amide bonds. The lowest BCUT2D eigenvalue weighted by Crippen LogP contribution is -2.44. The van der Waals surface area contributed by atoms with Gasteiger partial charge in [0.15, 0.2) is 0 Å². The summed E-state index contributed by atoms with van der Waals surface area (Å²) >= 11 is 0. The summed E-state index contributed by atoms with van der Waals surface area (Å²) in [6.45, 7) is 4.82. The van der Waals surface area contributed by atoms with E-state index in [1.54, 1.807) is 0 Å². The first-order valence-electron chi connectivity index (χ1n) is 10.4. The highest BCUT2D eigenvalue weighted by Gasteiger charge is 2.50. The molecule has 0 saturated heterocycles. The third-order valence-corrected chi connectivity index (χ3v) is 6.52. The van der Waals surface area contributed by atoms with Crippen LogP contribution in [0, 0.1) is 11.8 Å². The van der Waals surface area contributed by atoms with E-state index < -0.39 is 0 Å². The van der Waals surface area contributed by atoms with Crippen LogP contribution in [0.15, 0.2) is 72.8 Å². The van der Waals surface area contributed by atoms with Crippen LogP contribution in [0.1, 0.15) is 47.9 Å². The lowest BCUT2D eigenvalue weighted by Gasteiger charge is -2.49. The van der Waals surface area contributed by atoms with Gasteiger partial charge in [0.25, 0.3) is 0 Å². The molecular weight excluding hydrogens is 358 g/mol. The molecule has 29 heavy (non-hydrogen) atoms. The van der Waals surface area contributed by atoms with Gasteiger partial charge >= 0.3 is 0 Å². The molecule has 0 spiro atoms. The highest BCUT2D eigenvalue weighted by Crippen LogP contribution is 2.58. The maximum atomic E-state index is 13.5. The molecule has 2 bridgehead atoms. The van der Waals surface area contributed by atoms with E-state index in [1.165, 1.54) is 22.3 Å². The molecule has 1 N–H and O–H groups in total. The van der Waals surface area contributed by atoms with Crippen molar-refractivity contribution in [3.05, 3.63) is 95.1 Å². The van der Waals surface area contributed by atoms with Gasteiger partial charge in [0.1, 0.15) is 5.75 Å². The van der Waals surface area contributed by atoms with E-state index in [-0.39, 0.29) is 29.6 Å². The van der Waals surface area contributed by atoms with Crippen LogP contribution in [0.3, 0.4) is 0 Å². The predicted molar refractivity (Wildman–Crippen MR) is 115 cm³/mol. The second-order valence-electron chi connectivity index (χ2n) is 8.04. The minimum absolute atomic E-state index is 0.0867. The summed E-state index contributed by atoms with van der Waals surface area (Å²) < 4.78 is 5.50. The molecule has 0 radical (unpaired) electrons. The molecule has 3 aromatic rings. The highest BCUT2D eigenvalue weighted by atomic mass is 16.5. The first-order chi connectivity index (χ1) is 14.2. The predicted octanol–water partition coefficient (Wildman–Crippen LogP) is 5.57. The van der Waals surface area contributed by atoms with Gasteiger partial charge in [0.2, 0.25) is 5.91 Å². The lowest BCUT2D eigenvalue weighted by atomic mass is 9.54. The Morgan fingerprint density at radius 3 is 1.86 bits per heavy atom. The number of benzene rings is 3. The maximum absolute atomic E-state index is 13.5. The van der Waals surface area contributed by atoms with Gasteiger partial charge in [0.05, 0.1) is 12.5 Å². The molecule has 146 valence electrons. The normalized spacial score (nSPS) is 23.8. The minimum atomic E-state index is -0.0867. The number of hydrogen-bond donors (Lipinski definition) is 1. The number of fused-ring (bicyclic) bond motifs is 1. The van der Waals surface area contributed by atoms with Crippen molar-refractivity contribution in [3.63, 3.8) is 0 Å². The Bertz CT molecular complexity index is 1010. The Balaban J connectivity index is 1.50. The van der Waals surface area contributed by atoms with Crippen molar-refractivity contribution in [2.75, 3.05) is 11.9 Å². The van der Waals surface area contributed by atoms with Crippen molar-refractivity contribution < 1.29 is 9.53 Å². The van der Waals surface area contributed by atoms with Gasteiger partial charge in [0, 0.05) is 17.5 Å². The molecule has 0 fully saturated rings. The van der Waals surface area contributed by atoms with Crippen molar-refractivity contribution in [1.82, 2.24) is 0 Å². The van der Waals surface area contributed by atoms with Gasteiger partial charge in [-0.25, -0.2) is 0 Å². The van der Waals surface area contributed by atoms with Crippen LogP contribution in [0.4, 0.5) is 5.69 Å². The smallest absolute Gasteiger partial charge is 0.228 e. The summed E-state index contributed by atoms with van der Waals surface area (Å²) in [7, 11) is 0. The second-order valence-corrected chi connectivity index (χ2v) is 8.04. The van der Waals surface area contributed by atoms with Crippen molar-refractivity contribution >= 4 is 11.6 Å². The van der Waals surface area contributed by atoms with E-state index in [0.717, 1.165) is 11.4 Å². The number of carbonyl (C=O) groups is 1. The number of carbonyl (C=O) groups excluding carboxylic acids is 1. The van der Waals surface area contributed by atoms with E-state index in [9.17, 15) is 4.79 Å². The van der Waals surface area contributed by atoms with E-state index in [4.69, 9.17) is 4.74 Å². The molecule has 0 saturated carbocycles. The minimum Gasteiger partial charge on any atom is -0.494 e. The van der Waals surface area contributed by atoms with Crippen LogP contribution >= 0.6 is 0 Å². The van der Waals surface area contributed by atoms with Crippen LogP contribution in [-0.4, -0.2) is 12.5 Å². The Hall–Kier alpha value is -3.07. The average Bonchev–Trinajstić information content (AvgIpc) is 2.75. The van der Waals surface area contributed by atoms with Gasteiger partial charge in [-0.3, -0.25) is 4.79 Å². The van der Waals surface area contributed by atoms with Gasteiger partial charge < -0.3 is 10.1 Å². The molecule has 3 nitrogen and oxygen atoms in total. The molecule has 0 heterocycles. The summed E-state index contributed by atoms with van der Waals surface area (Å²) in [4.78, 5) is 13.5. The SMILES string of the molecule is CCOc1ccc(NC(=O)[C@@H]2C3c4ccccc4C(c4ccccc43)[C@H]2C)cc1. The Kier molecular flexibility index (Phi) is 4.39. The fourth-order valence-electron chi connectivity index (χ4n) is 5.37. The van der Waals surface area contributed by atoms with E-state index in [1.807, 2.05) is 31.2 Å². The van der Waals surface area contributed by atoms with Crippen molar-refractivity contribution in [3.8, 4) is 5.75 Å². The van der Waals surface area contributed by atoms with E-state index in [0.29, 0.717) is 6.61 Å². The number of anilines is 1. The Labute approximate surface area is 171 Å². The second kappa shape index (κ2) is 7.07. The van der Waals surface area contributed by atoms with Crippen molar-refractivity contribution in [1.29, 1.82) is 0 Å². The number of nitrogens with one attached hydrogen (secondary N) is 1. The Morgan fingerprint density at radius 2 is 1.34 bits per heavy atom. The molecule has 0 aromatic heterocycles.